The highest BCUT2D eigenvalue weighted by Gasteiger charge is 2.11. The van der Waals surface area contributed by atoms with Crippen LogP contribution in [0.25, 0.3) is 0 Å². The Morgan fingerprint density at radius 1 is 0.636 bits per heavy atom. The summed E-state index contributed by atoms with van der Waals surface area (Å²) in [6.45, 7) is 11.8. The fraction of sp³-hybridized carbons (Fsp3) is 0.964. The Kier molecular flexibility index (Phi) is 25.6. The van der Waals surface area contributed by atoms with Crippen LogP contribution in [0.4, 0.5) is 0 Å². The van der Waals surface area contributed by atoms with Gasteiger partial charge in [0, 0.05) is 6.42 Å². The summed E-state index contributed by atoms with van der Waals surface area (Å²) in [7, 11) is 0. The van der Waals surface area contributed by atoms with Crippen LogP contribution in [0.2, 0.25) is 0 Å². The molecule has 0 aliphatic carbocycles. The third-order valence-electron chi connectivity index (χ3n) is 6.60. The molecule has 5 heteroatoms. The maximum atomic E-state index is 10.5. The molecule has 0 saturated heterocycles. The molecule has 0 aromatic heterocycles. The summed E-state index contributed by atoms with van der Waals surface area (Å²) in [5, 5.41) is 28.7. The van der Waals surface area contributed by atoms with Crippen molar-refractivity contribution in [2.45, 2.75) is 150 Å². The van der Waals surface area contributed by atoms with Gasteiger partial charge in [0.2, 0.25) is 0 Å². The lowest BCUT2D eigenvalue weighted by Gasteiger charge is -2.18. The van der Waals surface area contributed by atoms with Crippen LogP contribution in [0, 0.1) is 17.8 Å². The van der Waals surface area contributed by atoms with E-state index >= 15 is 0 Å². The van der Waals surface area contributed by atoms with Crippen LogP contribution in [0.1, 0.15) is 137 Å². The second kappa shape index (κ2) is 24.5. The zero-order valence-corrected chi connectivity index (χ0v) is 22.7. The number of hydrogen-bond acceptors (Lipinski definition) is 4. The van der Waals surface area contributed by atoms with E-state index in [9.17, 15) is 15.0 Å². The minimum Gasteiger partial charge on any atom is -0.481 e. The lowest BCUT2D eigenvalue weighted by atomic mass is 9.89. The van der Waals surface area contributed by atoms with E-state index in [2.05, 4.69) is 20.8 Å². The highest BCUT2D eigenvalue weighted by atomic mass is 16.4. The first kappa shape index (κ1) is 34.5. The minimum absolute atomic E-state index is 0.210. The van der Waals surface area contributed by atoms with Crippen molar-refractivity contribution in [2.75, 3.05) is 6.54 Å². The third-order valence-corrected chi connectivity index (χ3v) is 6.60. The number of carboxylic acid groups (broad SMARTS) is 1. The van der Waals surface area contributed by atoms with E-state index in [-0.39, 0.29) is 18.6 Å². The zero-order valence-electron chi connectivity index (χ0n) is 22.7. The second-order valence-electron chi connectivity index (χ2n) is 10.2. The lowest BCUT2D eigenvalue weighted by Crippen LogP contribution is -2.14. The average molecular weight is 474 g/mol. The van der Waals surface area contributed by atoms with Crippen molar-refractivity contribution in [3.8, 4) is 0 Å². The van der Waals surface area contributed by atoms with Crippen LogP contribution in [-0.2, 0) is 4.79 Å². The van der Waals surface area contributed by atoms with Gasteiger partial charge in [-0.3, -0.25) is 4.79 Å². The molecule has 200 valence electrons. The van der Waals surface area contributed by atoms with Gasteiger partial charge in [-0.25, -0.2) is 0 Å². The van der Waals surface area contributed by atoms with Crippen molar-refractivity contribution in [3.63, 3.8) is 0 Å². The largest absolute Gasteiger partial charge is 0.481 e. The summed E-state index contributed by atoms with van der Waals surface area (Å²) in [6.07, 6.45) is 14.7. The Labute approximate surface area is 205 Å². The first-order valence-electron chi connectivity index (χ1n) is 14.0. The van der Waals surface area contributed by atoms with Gasteiger partial charge in [0.1, 0.15) is 0 Å². The van der Waals surface area contributed by atoms with Gasteiger partial charge in [0.05, 0.1) is 12.2 Å². The number of aliphatic hydroxyl groups is 2. The molecule has 5 nitrogen and oxygen atoms in total. The van der Waals surface area contributed by atoms with Crippen molar-refractivity contribution < 1.29 is 20.1 Å². The quantitative estimate of drug-likeness (QED) is 0.128. The Morgan fingerprint density at radius 3 is 1.58 bits per heavy atom. The fourth-order valence-corrected chi connectivity index (χ4v) is 4.35. The number of carboxylic acids is 1. The van der Waals surface area contributed by atoms with E-state index < -0.39 is 5.97 Å². The van der Waals surface area contributed by atoms with Gasteiger partial charge >= 0.3 is 5.97 Å². The van der Waals surface area contributed by atoms with E-state index in [1.165, 1.54) is 44.9 Å². The van der Waals surface area contributed by atoms with Crippen molar-refractivity contribution in [1.29, 1.82) is 0 Å². The molecule has 0 spiro atoms. The summed E-state index contributed by atoms with van der Waals surface area (Å²) < 4.78 is 0. The molecule has 0 heterocycles. The smallest absolute Gasteiger partial charge is 0.303 e. The van der Waals surface area contributed by atoms with Crippen molar-refractivity contribution >= 4 is 5.97 Å². The fourth-order valence-electron chi connectivity index (χ4n) is 4.35. The van der Waals surface area contributed by atoms with E-state index in [0.717, 1.165) is 44.1 Å². The summed E-state index contributed by atoms with van der Waals surface area (Å²) in [6, 6.07) is 0. The average Bonchev–Trinajstić information content (AvgIpc) is 2.79. The first-order chi connectivity index (χ1) is 15.7. The molecule has 0 bridgehead atoms. The van der Waals surface area contributed by atoms with Crippen LogP contribution in [-0.4, -0.2) is 40.0 Å². The molecular formula is C28H59NO4. The van der Waals surface area contributed by atoms with Crippen LogP contribution < -0.4 is 5.73 Å². The van der Waals surface area contributed by atoms with E-state index in [0.29, 0.717) is 31.6 Å². The normalized spacial score (nSPS) is 15.8. The molecule has 0 radical (unpaired) electrons. The molecule has 5 atom stereocenters. The van der Waals surface area contributed by atoms with Crippen LogP contribution in [0.3, 0.4) is 0 Å². The van der Waals surface area contributed by atoms with Crippen molar-refractivity contribution in [1.82, 2.24) is 0 Å². The molecule has 0 aliphatic rings. The molecule has 0 aromatic carbocycles. The van der Waals surface area contributed by atoms with Crippen molar-refractivity contribution in [2.24, 2.45) is 23.5 Å². The number of nitrogens with two attached hydrogens (primary N) is 1. The number of aliphatic carboxylic acids is 1. The van der Waals surface area contributed by atoms with Crippen LogP contribution in [0.5, 0.6) is 0 Å². The topological polar surface area (TPSA) is 104 Å². The molecule has 5 N–H and O–H groups in total. The number of rotatable bonds is 22. The van der Waals surface area contributed by atoms with Gasteiger partial charge in [-0.15, -0.1) is 0 Å². The predicted molar refractivity (Wildman–Crippen MR) is 141 cm³/mol. The monoisotopic (exact) mass is 473 g/mol. The summed E-state index contributed by atoms with van der Waals surface area (Å²) in [5.41, 5.74) is 5.72. The zero-order chi connectivity index (χ0) is 25.5. The molecule has 0 amide bonds. The van der Waals surface area contributed by atoms with Gasteiger partial charge < -0.3 is 21.1 Å². The van der Waals surface area contributed by atoms with E-state index in [1.54, 1.807) is 0 Å². The lowest BCUT2D eigenvalue weighted by molar-refractivity contribution is -0.137. The Morgan fingerprint density at radius 2 is 1.09 bits per heavy atom. The Hall–Kier alpha value is -0.650. The summed E-state index contributed by atoms with van der Waals surface area (Å²) in [5.74, 6) is 1.46. The number of unbranched alkanes of at least 4 members (excludes halogenated alkanes) is 5. The standard InChI is InChI=1S/C26H53NO4.C2H6/c1-21(15-16-22(2)19-23(3)20-27)11-7-4-5-8-12-24(28)17-18-25(29)13-9-6-10-14-26(30)31;1-2/h21-25,28-29H,4-20,27H2,1-3H3,(H,30,31);1-2H3/t21?,22?,23?,24-,25?;/m0./s1. The predicted octanol–water partition coefficient (Wildman–Crippen LogP) is 6.93. The van der Waals surface area contributed by atoms with Crippen LogP contribution >= 0.6 is 0 Å². The number of carbonyl (C=O) groups is 1. The molecular weight excluding hydrogens is 414 g/mol. The summed E-state index contributed by atoms with van der Waals surface area (Å²) >= 11 is 0. The maximum Gasteiger partial charge on any atom is 0.303 e. The minimum atomic E-state index is -0.753. The van der Waals surface area contributed by atoms with Gasteiger partial charge in [0.25, 0.3) is 0 Å². The molecule has 33 heavy (non-hydrogen) atoms. The molecule has 0 rings (SSSR count). The van der Waals surface area contributed by atoms with Crippen LogP contribution in [0.15, 0.2) is 0 Å². The molecule has 0 saturated carbocycles. The Balaban J connectivity index is 0. The van der Waals surface area contributed by atoms with E-state index in [4.69, 9.17) is 10.8 Å². The van der Waals surface area contributed by atoms with Gasteiger partial charge in [-0.2, -0.15) is 0 Å². The highest BCUT2D eigenvalue weighted by Crippen LogP contribution is 2.22. The van der Waals surface area contributed by atoms with Crippen molar-refractivity contribution in [3.05, 3.63) is 0 Å². The SMILES string of the molecule is CC.CC(CCCCCC[C@H](O)CCC(O)CCCCCC(=O)O)CCC(C)CC(C)CN. The second-order valence-corrected chi connectivity index (χ2v) is 10.2. The third kappa shape index (κ3) is 25.8. The summed E-state index contributed by atoms with van der Waals surface area (Å²) in [4.78, 5) is 10.5. The first-order valence-corrected chi connectivity index (χ1v) is 14.0. The number of hydrogen-bond donors (Lipinski definition) is 4. The Bertz CT molecular complexity index is 419. The molecule has 0 fully saturated rings. The number of aliphatic hydroxyl groups excluding tert-OH is 2. The highest BCUT2D eigenvalue weighted by molar-refractivity contribution is 5.66. The van der Waals surface area contributed by atoms with E-state index in [1.807, 2.05) is 13.8 Å². The van der Waals surface area contributed by atoms with Gasteiger partial charge in [-0.05, 0) is 62.8 Å². The molecule has 4 unspecified atom stereocenters. The molecule has 0 aliphatic heterocycles. The molecule has 0 aromatic rings. The maximum absolute atomic E-state index is 10.5. The van der Waals surface area contributed by atoms with Gasteiger partial charge in [0.15, 0.2) is 0 Å². The van der Waals surface area contributed by atoms with Gasteiger partial charge in [-0.1, -0.05) is 92.4 Å².